The van der Waals surface area contributed by atoms with Gasteiger partial charge in [0, 0.05) is 0 Å². The molecule has 0 aliphatic carbocycles. The van der Waals surface area contributed by atoms with Crippen LogP contribution in [0.3, 0.4) is 0 Å². The SMILES string of the molecule is Cc1ccc(OC[C@H](C)NC(=O)CN(c2c(C)cccc2C)S(C)(=O)=O)cc1. The van der Waals surface area contributed by atoms with Gasteiger partial charge in [-0.15, -0.1) is 0 Å². The Labute approximate surface area is 167 Å². The predicted molar refractivity (Wildman–Crippen MR) is 112 cm³/mol. The molecule has 2 aromatic carbocycles. The highest BCUT2D eigenvalue weighted by atomic mass is 32.2. The number of amides is 1. The molecule has 7 heteroatoms. The summed E-state index contributed by atoms with van der Waals surface area (Å²) in [6, 6.07) is 12.9. The molecular formula is C21H28N2O4S. The third-order valence-electron chi connectivity index (χ3n) is 4.30. The second kappa shape index (κ2) is 9.10. The van der Waals surface area contributed by atoms with E-state index in [1.165, 1.54) is 0 Å². The lowest BCUT2D eigenvalue weighted by Crippen LogP contribution is -2.45. The molecule has 152 valence electrons. The van der Waals surface area contributed by atoms with Crippen molar-refractivity contribution in [2.45, 2.75) is 33.7 Å². The second-order valence-corrected chi connectivity index (χ2v) is 9.01. The van der Waals surface area contributed by atoms with Gasteiger partial charge in [-0.05, 0) is 51.0 Å². The number of nitrogens with zero attached hydrogens (tertiary/aromatic N) is 1. The lowest BCUT2D eigenvalue weighted by molar-refractivity contribution is -0.120. The number of aryl methyl sites for hydroxylation is 3. The van der Waals surface area contributed by atoms with Crippen molar-refractivity contribution in [1.82, 2.24) is 5.32 Å². The van der Waals surface area contributed by atoms with E-state index in [1.54, 1.807) is 0 Å². The highest BCUT2D eigenvalue weighted by Crippen LogP contribution is 2.26. The van der Waals surface area contributed by atoms with Gasteiger partial charge in [0.25, 0.3) is 0 Å². The number of para-hydroxylation sites is 1. The van der Waals surface area contributed by atoms with Gasteiger partial charge >= 0.3 is 0 Å². The van der Waals surface area contributed by atoms with Gasteiger partial charge in [-0.2, -0.15) is 0 Å². The molecule has 0 aliphatic rings. The van der Waals surface area contributed by atoms with Crippen LogP contribution in [0.5, 0.6) is 5.75 Å². The van der Waals surface area contributed by atoms with Crippen LogP contribution in [-0.4, -0.2) is 39.8 Å². The van der Waals surface area contributed by atoms with Crippen molar-refractivity contribution < 1.29 is 17.9 Å². The van der Waals surface area contributed by atoms with Crippen LogP contribution in [0.15, 0.2) is 42.5 Å². The first kappa shape index (κ1) is 21.8. The zero-order chi connectivity index (χ0) is 20.9. The number of rotatable bonds is 8. The molecule has 1 N–H and O–H groups in total. The number of hydrogen-bond donors (Lipinski definition) is 1. The van der Waals surface area contributed by atoms with Crippen LogP contribution in [-0.2, 0) is 14.8 Å². The van der Waals surface area contributed by atoms with Gasteiger partial charge in [0.15, 0.2) is 0 Å². The molecule has 0 aliphatic heterocycles. The third kappa shape index (κ3) is 5.99. The lowest BCUT2D eigenvalue weighted by Gasteiger charge is -2.26. The minimum atomic E-state index is -3.61. The smallest absolute Gasteiger partial charge is 0.241 e. The van der Waals surface area contributed by atoms with Gasteiger partial charge in [0.2, 0.25) is 15.9 Å². The Balaban J connectivity index is 2.02. The Kier molecular flexibility index (Phi) is 7.07. The molecule has 1 amide bonds. The number of carbonyl (C=O) groups is 1. The predicted octanol–water partition coefficient (Wildman–Crippen LogP) is 2.96. The number of ether oxygens (including phenoxy) is 1. The fourth-order valence-corrected chi connectivity index (χ4v) is 3.88. The molecule has 2 aromatic rings. The topological polar surface area (TPSA) is 75.7 Å². The van der Waals surface area contributed by atoms with E-state index in [1.807, 2.05) is 70.2 Å². The molecule has 0 saturated carbocycles. The molecule has 0 radical (unpaired) electrons. The number of nitrogens with one attached hydrogen (secondary N) is 1. The molecule has 0 saturated heterocycles. The zero-order valence-corrected chi connectivity index (χ0v) is 17.8. The summed E-state index contributed by atoms with van der Waals surface area (Å²) in [5.74, 6) is 0.341. The number of hydrogen-bond acceptors (Lipinski definition) is 4. The van der Waals surface area contributed by atoms with Gasteiger partial charge in [-0.1, -0.05) is 35.9 Å². The summed E-state index contributed by atoms with van der Waals surface area (Å²) in [7, 11) is -3.61. The summed E-state index contributed by atoms with van der Waals surface area (Å²) in [5, 5.41) is 2.80. The Morgan fingerprint density at radius 2 is 1.64 bits per heavy atom. The summed E-state index contributed by atoms with van der Waals surface area (Å²) in [6.07, 6.45) is 1.11. The molecule has 0 bridgehead atoms. The van der Waals surface area contributed by atoms with Crippen molar-refractivity contribution in [2.24, 2.45) is 0 Å². The largest absolute Gasteiger partial charge is 0.491 e. The van der Waals surface area contributed by atoms with Crippen LogP contribution in [0, 0.1) is 20.8 Å². The van der Waals surface area contributed by atoms with Crippen LogP contribution < -0.4 is 14.4 Å². The Morgan fingerprint density at radius 3 is 2.18 bits per heavy atom. The molecule has 28 heavy (non-hydrogen) atoms. The molecule has 0 spiro atoms. The molecule has 2 rings (SSSR count). The first-order chi connectivity index (χ1) is 13.1. The maximum absolute atomic E-state index is 12.5. The first-order valence-electron chi connectivity index (χ1n) is 9.10. The number of sulfonamides is 1. The fourth-order valence-electron chi connectivity index (χ4n) is 2.91. The van der Waals surface area contributed by atoms with E-state index in [-0.39, 0.29) is 25.1 Å². The first-order valence-corrected chi connectivity index (χ1v) is 11.0. The summed E-state index contributed by atoms with van der Waals surface area (Å²) in [6.45, 7) is 7.48. The van der Waals surface area contributed by atoms with Gasteiger partial charge in [-0.3, -0.25) is 9.10 Å². The van der Waals surface area contributed by atoms with Gasteiger partial charge in [0.1, 0.15) is 18.9 Å². The van der Waals surface area contributed by atoms with E-state index in [0.717, 1.165) is 33.0 Å². The molecule has 0 aromatic heterocycles. The molecule has 0 heterocycles. The van der Waals surface area contributed by atoms with Crippen LogP contribution in [0.4, 0.5) is 5.69 Å². The van der Waals surface area contributed by atoms with Crippen LogP contribution in [0.25, 0.3) is 0 Å². The number of carbonyl (C=O) groups excluding carboxylic acids is 1. The third-order valence-corrected chi connectivity index (χ3v) is 5.42. The Hall–Kier alpha value is -2.54. The maximum atomic E-state index is 12.5. The quantitative estimate of drug-likeness (QED) is 0.734. The van der Waals surface area contributed by atoms with Crippen molar-refractivity contribution in [2.75, 3.05) is 23.7 Å². The second-order valence-electron chi connectivity index (χ2n) is 7.10. The summed E-state index contributed by atoms with van der Waals surface area (Å²) in [4.78, 5) is 12.5. The van der Waals surface area contributed by atoms with Gasteiger partial charge < -0.3 is 10.1 Å². The number of anilines is 1. The average Bonchev–Trinajstić information content (AvgIpc) is 2.59. The summed E-state index contributed by atoms with van der Waals surface area (Å²) >= 11 is 0. The highest BCUT2D eigenvalue weighted by Gasteiger charge is 2.24. The van der Waals surface area contributed by atoms with Crippen molar-refractivity contribution in [3.8, 4) is 5.75 Å². The van der Waals surface area contributed by atoms with E-state index >= 15 is 0 Å². The van der Waals surface area contributed by atoms with Gasteiger partial charge in [0.05, 0.1) is 18.0 Å². The highest BCUT2D eigenvalue weighted by molar-refractivity contribution is 7.92. The normalized spacial score (nSPS) is 12.3. The minimum absolute atomic E-state index is 0.270. The van der Waals surface area contributed by atoms with Crippen LogP contribution in [0.1, 0.15) is 23.6 Å². The molecular weight excluding hydrogens is 376 g/mol. The molecule has 1 atom stereocenters. The molecule has 0 unspecified atom stereocenters. The molecule has 0 fully saturated rings. The summed E-state index contributed by atoms with van der Waals surface area (Å²) < 4.78 is 31.5. The van der Waals surface area contributed by atoms with Crippen molar-refractivity contribution >= 4 is 21.6 Å². The van der Waals surface area contributed by atoms with Crippen molar-refractivity contribution in [3.05, 3.63) is 59.2 Å². The van der Waals surface area contributed by atoms with Crippen LogP contribution in [0.2, 0.25) is 0 Å². The van der Waals surface area contributed by atoms with Crippen molar-refractivity contribution in [3.63, 3.8) is 0 Å². The lowest BCUT2D eigenvalue weighted by atomic mass is 10.1. The zero-order valence-electron chi connectivity index (χ0n) is 17.0. The monoisotopic (exact) mass is 404 g/mol. The summed E-state index contributed by atoms with van der Waals surface area (Å²) in [5.41, 5.74) is 3.28. The maximum Gasteiger partial charge on any atom is 0.241 e. The van der Waals surface area contributed by atoms with E-state index in [4.69, 9.17) is 4.74 Å². The van der Waals surface area contributed by atoms with E-state index in [9.17, 15) is 13.2 Å². The Morgan fingerprint density at radius 1 is 1.07 bits per heavy atom. The average molecular weight is 405 g/mol. The van der Waals surface area contributed by atoms with Crippen molar-refractivity contribution in [1.29, 1.82) is 0 Å². The van der Waals surface area contributed by atoms with E-state index < -0.39 is 10.0 Å². The standard InChI is InChI=1S/C21H28N2O4S/c1-15-9-11-19(12-10-15)27-14-18(4)22-20(24)13-23(28(5,25)26)21-16(2)7-6-8-17(21)3/h6-12,18H,13-14H2,1-5H3,(H,22,24)/t18-/m0/s1. The minimum Gasteiger partial charge on any atom is -0.491 e. The van der Waals surface area contributed by atoms with E-state index in [2.05, 4.69) is 5.32 Å². The van der Waals surface area contributed by atoms with Gasteiger partial charge in [-0.25, -0.2) is 8.42 Å². The van der Waals surface area contributed by atoms with Crippen LogP contribution >= 0.6 is 0 Å². The fraction of sp³-hybridized carbons (Fsp3) is 0.381. The molecule has 6 nitrogen and oxygen atoms in total. The number of benzene rings is 2. The van der Waals surface area contributed by atoms with E-state index in [0.29, 0.717) is 5.69 Å². The Bertz CT molecular complexity index is 904.